The van der Waals surface area contributed by atoms with Crippen LogP contribution in [0.15, 0.2) is 16.7 Å². The monoisotopic (exact) mass is 321 g/mol. The van der Waals surface area contributed by atoms with Crippen LogP contribution >= 0.6 is 27.5 Å². The summed E-state index contributed by atoms with van der Waals surface area (Å²) in [5.74, 6) is -4.43. The molecule has 8 heteroatoms. The number of alkyl halides is 4. The molecule has 0 fully saturated rings. The quantitative estimate of drug-likeness (QED) is 0.787. The van der Waals surface area contributed by atoms with Crippen LogP contribution in [0.4, 0.5) is 17.6 Å². The molecule has 0 saturated heterocycles. The Morgan fingerprint density at radius 3 is 2.62 bits per heavy atom. The Morgan fingerprint density at radius 2 is 2.12 bits per heavy atom. The van der Waals surface area contributed by atoms with Crippen LogP contribution in [-0.4, -0.2) is 23.9 Å². The van der Waals surface area contributed by atoms with Crippen molar-refractivity contribution in [1.82, 2.24) is 4.98 Å². The predicted octanol–water partition coefficient (Wildman–Crippen LogP) is 3.78. The fourth-order valence-corrected chi connectivity index (χ4v) is 1.49. The smallest absolute Gasteiger partial charge is 0.340 e. The maximum atomic E-state index is 12.5. The van der Waals surface area contributed by atoms with Gasteiger partial charge in [-0.05, 0) is 22.0 Å². The summed E-state index contributed by atoms with van der Waals surface area (Å²) in [5.41, 5.74) is 0. The topological polar surface area (TPSA) is 22.1 Å². The van der Waals surface area contributed by atoms with Crippen molar-refractivity contribution in [1.29, 1.82) is 0 Å². The zero-order valence-electron chi connectivity index (χ0n) is 7.56. The van der Waals surface area contributed by atoms with Gasteiger partial charge in [0.2, 0.25) is 5.88 Å². The van der Waals surface area contributed by atoms with Gasteiger partial charge >= 0.3 is 12.3 Å². The molecule has 1 rings (SSSR count). The first-order valence-corrected chi connectivity index (χ1v) is 5.10. The molecular formula is C8H5BrClF4NO. The Bertz CT molecular complexity index is 377. The lowest BCUT2D eigenvalue weighted by Crippen LogP contribution is -2.33. The highest BCUT2D eigenvalue weighted by molar-refractivity contribution is 9.10. The van der Waals surface area contributed by atoms with Crippen LogP contribution in [0, 0.1) is 0 Å². The van der Waals surface area contributed by atoms with Crippen molar-refractivity contribution in [3.05, 3.63) is 21.8 Å². The lowest BCUT2D eigenvalue weighted by atomic mass is 10.4. The van der Waals surface area contributed by atoms with Gasteiger partial charge < -0.3 is 4.74 Å². The van der Waals surface area contributed by atoms with E-state index in [-0.39, 0.29) is 15.4 Å². The minimum Gasteiger partial charge on any atom is -0.470 e. The number of nitrogens with zero attached hydrogens (tertiary/aromatic N) is 1. The van der Waals surface area contributed by atoms with Crippen molar-refractivity contribution in [2.24, 2.45) is 0 Å². The summed E-state index contributed by atoms with van der Waals surface area (Å²) in [6, 6.07) is 1.35. The third-order valence-corrected chi connectivity index (χ3v) is 2.27. The van der Waals surface area contributed by atoms with Gasteiger partial charge in [-0.15, -0.1) is 0 Å². The van der Waals surface area contributed by atoms with E-state index in [1.807, 2.05) is 0 Å². The fourth-order valence-electron chi connectivity index (χ4n) is 0.736. The SMILES string of the molecule is FC(F)C(F)(F)COc1ncc(Cl)cc1Br. The maximum absolute atomic E-state index is 12.5. The third kappa shape index (κ3) is 3.48. The van der Waals surface area contributed by atoms with Gasteiger partial charge in [-0.3, -0.25) is 0 Å². The number of ether oxygens (including phenoxy) is 1. The van der Waals surface area contributed by atoms with Gasteiger partial charge in [0, 0.05) is 6.20 Å². The van der Waals surface area contributed by atoms with Crippen LogP contribution in [0.1, 0.15) is 0 Å². The van der Waals surface area contributed by atoms with Crippen molar-refractivity contribution in [3.8, 4) is 5.88 Å². The van der Waals surface area contributed by atoms with Crippen molar-refractivity contribution < 1.29 is 22.3 Å². The van der Waals surface area contributed by atoms with Crippen LogP contribution in [0.2, 0.25) is 5.02 Å². The molecule has 0 spiro atoms. The molecular weight excluding hydrogens is 317 g/mol. The molecule has 1 aromatic heterocycles. The zero-order valence-corrected chi connectivity index (χ0v) is 9.90. The average molecular weight is 322 g/mol. The number of pyridine rings is 1. The van der Waals surface area contributed by atoms with Crippen molar-refractivity contribution in [2.45, 2.75) is 12.3 Å². The molecule has 0 unspecified atom stereocenters. The average Bonchev–Trinajstić information content (AvgIpc) is 2.16. The molecule has 16 heavy (non-hydrogen) atoms. The first-order chi connectivity index (χ1) is 7.33. The Balaban J connectivity index is 2.68. The van der Waals surface area contributed by atoms with E-state index in [4.69, 9.17) is 11.6 Å². The van der Waals surface area contributed by atoms with Gasteiger partial charge in [-0.25, -0.2) is 13.8 Å². The van der Waals surface area contributed by atoms with Crippen molar-refractivity contribution in [3.63, 3.8) is 0 Å². The highest BCUT2D eigenvalue weighted by Crippen LogP contribution is 2.28. The standard InChI is InChI=1S/C8H5BrClF4NO/c9-5-1-4(10)2-15-6(5)16-3-8(13,14)7(11)12/h1-2,7H,3H2. The normalized spacial score (nSPS) is 11.9. The summed E-state index contributed by atoms with van der Waals surface area (Å²) in [6.45, 7) is -1.45. The van der Waals surface area contributed by atoms with Gasteiger partial charge in [0.15, 0.2) is 6.61 Å². The summed E-state index contributed by atoms with van der Waals surface area (Å²) in [5, 5.41) is 0.264. The minimum absolute atomic E-state index is 0.213. The summed E-state index contributed by atoms with van der Waals surface area (Å²) in [4.78, 5) is 3.56. The highest BCUT2D eigenvalue weighted by Gasteiger charge is 2.42. The van der Waals surface area contributed by atoms with Crippen molar-refractivity contribution in [2.75, 3.05) is 6.61 Å². The summed E-state index contributed by atoms with van der Waals surface area (Å²) < 4.78 is 53.3. The van der Waals surface area contributed by atoms with E-state index in [1.165, 1.54) is 6.07 Å². The fraction of sp³-hybridized carbons (Fsp3) is 0.375. The maximum Gasteiger partial charge on any atom is 0.340 e. The van der Waals surface area contributed by atoms with E-state index in [2.05, 4.69) is 25.7 Å². The van der Waals surface area contributed by atoms with Crippen LogP contribution in [0.3, 0.4) is 0 Å². The van der Waals surface area contributed by atoms with E-state index in [1.54, 1.807) is 0 Å². The number of rotatable bonds is 4. The molecule has 0 bridgehead atoms. The Hall–Kier alpha value is -0.560. The molecule has 0 aliphatic heterocycles. The van der Waals surface area contributed by atoms with Gasteiger partial charge in [-0.2, -0.15) is 8.78 Å². The predicted molar refractivity (Wildman–Crippen MR) is 53.4 cm³/mol. The zero-order chi connectivity index (χ0) is 12.3. The molecule has 0 aromatic carbocycles. The number of halogens is 6. The molecule has 1 heterocycles. The van der Waals surface area contributed by atoms with Crippen LogP contribution in [0.5, 0.6) is 5.88 Å². The van der Waals surface area contributed by atoms with E-state index < -0.39 is 19.0 Å². The van der Waals surface area contributed by atoms with Crippen molar-refractivity contribution >= 4 is 27.5 Å². The molecule has 0 atom stereocenters. The van der Waals surface area contributed by atoms with Gasteiger partial charge in [-0.1, -0.05) is 11.6 Å². The molecule has 2 nitrogen and oxygen atoms in total. The van der Waals surface area contributed by atoms with E-state index in [0.717, 1.165) is 6.20 Å². The molecule has 90 valence electrons. The largest absolute Gasteiger partial charge is 0.470 e. The molecule has 0 aliphatic carbocycles. The van der Waals surface area contributed by atoms with E-state index in [9.17, 15) is 17.6 Å². The lowest BCUT2D eigenvalue weighted by molar-refractivity contribution is -0.148. The molecule has 0 N–H and O–H groups in total. The van der Waals surface area contributed by atoms with E-state index >= 15 is 0 Å². The first kappa shape index (κ1) is 13.5. The molecule has 0 aliphatic rings. The summed E-state index contributed by atoms with van der Waals surface area (Å²) in [7, 11) is 0. The number of hydrogen-bond acceptors (Lipinski definition) is 2. The minimum atomic E-state index is -4.21. The molecule has 0 amide bonds. The van der Waals surface area contributed by atoms with Gasteiger partial charge in [0.1, 0.15) is 0 Å². The number of aromatic nitrogens is 1. The van der Waals surface area contributed by atoms with Gasteiger partial charge in [0.05, 0.1) is 9.50 Å². The lowest BCUT2D eigenvalue weighted by Gasteiger charge is -2.15. The van der Waals surface area contributed by atoms with E-state index in [0.29, 0.717) is 0 Å². The second-order valence-corrected chi connectivity index (χ2v) is 4.08. The summed E-state index contributed by atoms with van der Waals surface area (Å²) in [6.07, 6.45) is -2.62. The molecule has 0 saturated carbocycles. The number of hydrogen-bond donors (Lipinski definition) is 0. The Labute approximate surface area is 102 Å². The van der Waals surface area contributed by atoms with Gasteiger partial charge in [0.25, 0.3) is 0 Å². The second kappa shape index (κ2) is 5.18. The summed E-state index contributed by atoms with van der Waals surface area (Å²) >= 11 is 8.49. The Morgan fingerprint density at radius 1 is 1.50 bits per heavy atom. The van der Waals surface area contributed by atoms with Crippen LogP contribution < -0.4 is 4.74 Å². The Kier molecular flexibility index (Phi) is 4.37. The highest BCUT2D eigenvalue weighted by atomic mass is 79.9. The third-order valence-electron chi connectivity index (χ3n) is 1.49. The molecule has 1 aromatic rings. The second-order valence-electron chi connectivity index (χ2n) is 2.79. The van der Waals surface area contributed by atoms with Crippen LogP contribution in [-0.2, 0) is 0 Å². The first-order valence-electron chi connectivity index (χ1n) is 3.93. The van der Waals surface area contributed by atoms with Crippen LogP contribution in [0.25, 0.3) is 0 Å². The molecule has 0 radical (unpaired) electrons.